The topological polar surface area (TPSA) is 38.0 Å². The van der Waals surface area contributed by atoms with E-state index in [1.54, 1.807) is 4.68 Å². The van der Waals surface area contributed by atoms with Crippen LogP contribution in [0.2, 0.25) is 0 Å². The van der Waals surface area contributed by atoms with Gasteiger partial charge in [-0.05, 0) is 37.5 Å². The van der Waals surface area contributed by atoms with Gasteiger partial charge in [-0.2, -0.15) is 5.10 Å². The molecule has 2 aromatic rings. The van der Waals surface area contributed by atoms with Crippen LogP contribution in [0.25, 0.3) is 5.69 Å². The Morgan fingerprint density at radius 2 is 2.00 bits per heavy atom. The van der Waals surface area contributed by atoms with Crippen molar-refractivity contribution in [3.05, 3.63) is 41.1 Å². The first-order valence-corrected chi connectivity index (χ1v) is 6.04. The molecule has 2 rings (SSSR count). The molecule has 1 heterocycles. The van der Waals surface area contributed by atoms with Crippen molar-refractivity contribution >= 4 is 0 Å². The first-order chi connectivity index (χ1) is 8.17. The van der Waals surface area contributed by atoms with Crippen LogP contribution in [0, 0.1) is 6.92 Å². The van der Waals surface area contributed by atoms with Gasteiger partial charge in [-0.15, -0.1) is 0 Å². The zero-order valence-electron chi connectivity index (χ0n) is 10.6. The highest BCUT2D eigenvalue weighted by Crippen LogP contribution is 2.25. The molecule has 0 saturated heterocycles. The van der Waals surface area contributed by atoms with E-state index in [2.05, 4.69) is 12.0 Å². The summed E-state index contributed by atoms with van der Waals surface area (Å²) in [6, 6.07) is 7.98. The van der Waals surface area contributed by atoms with E-state index in [0.29, 0.717) is 0 Å². The maximum Gasteiger partial charge on any atom is 0.217 e. The van der Waals surface area contributed by atoms with Crippen molar-refractivity contribution < 1.29 is 5.11 Å². The van der Waals surface area contributed by atoms with Crippen LogP contribution >= 0.6 is 0 Å². The molecule has 0 amide bonds. The number of aromatic hydroxyl groups is 1. The lowest BCUT2D eigenvalue weighted by molar-refractivity contribution is 0.428. The smallest absolute Gasteiger partial charge is 0.217 e. The van der Waals surface area contributed by atoms with Crippen LogP contribution in [0.5, 0.6) is 5.88 Å². The van der Waals surface area contributed by atoms with E-state index >= 15 is 0 Å². The van der Waals surface area contributed by atoms with Crippen LogP contribution in [0.4, 0.5) is 0 Å². The molecule has 1 aromatic carbocycles. The Labute approximate surface area is 102 Å². The van der Waals surface area contributed by atoms with Crippen molar-refractivity contribution in [1.82, 2.24) is 9.78 Å². The molecule has 0 unspecified atom stereocenters. The molecule has 0 bridgehead atoms. The molecule has 1 aromatic heterocycles. The molecule has 0 aliphatic rings. The summed E-state index contributed by atoms with van der Waals surface area (Å²) in [5.41, 5.74) is 4.01. The molecular formula is C14H18N2O. The highest BCUT2D eigenvalue weighted by atomic mass is 16.3. The largest absolute Gasteiger partial charge is 0.493 e. The number of rotatable bonds is 3. The average molecular weight is 230 g/mol. The molecule has 0 fully saturated rings. The lowest BCUT2D eigenvalue weighted by Gasteiger charge is -2.04. The summed E-state index contributed by atoms with van der Waals surface area (Å²) in [6.45, 7) is 6.13. The molecule has 0 spiro atoms. The molecule has 0 saturated carbocycles. The SMILES string of the molecule is CCc1nn(-c2cccc(C)c2)c(O)c1CC. The Kier molecular flexibility index (Phi) is 3.18. The third kappa shape index (κ3) is 2.05. The van der Waals surface area contributed by atoms with Crippen molar-refractivity contribution in [3.63, 3.8) is 0 Å². The van der Waals surface area contributed by atoms with Crippen molar-refractivity contribution in [2.24, 2.45) is 0 Å². The first-order valence-electron chi connectivity index (χ1n) is 6.04. The van der Waals surface area contributed by atoms with Gasteiger partial charge >= 0.3 is 0 Å². The second kappa shape index (κ2) is 4.62. The van der Waals surface area contributed by atoms with E-state index in [0.717, 1.165) is 35.3 Å². The Bertz CT molecular complexity index is 529. The van der Waals surface area contributed by atoms with E-state index in [9.17, 15) is 5.11 Å². The molecule has 0 aliphatic carbocycles. The summed E-state index contributed by atoms with van der Waals surface area (Å²) in [4.78, 5) is 0. The summed E-state index contributed by atoms with van der Waals surface area (Å²) >= 11 is 0. The second-order valence-electron chi connectivity index (χ2n) is 4.21. The Morgan fingerprint density at radius 3 is 2.53 bits per heavy atom. The van der Waals surface area contributed by atoms with Crippen LogP contribution in [0.1, 0.15) is 30.7 Å². The van der Waals surface area contributed by atoms with Gasteiger partial charge in [0.25, 0.3) is 0 Å². The van der Waals surface area contributed by atoms with Crippen molar-refractivity contribution in [3.8, 4) is 11.6 Å². The van der Waals surface area contributed by atoms with Gasteiger partial charge in [0.2, 0.25) is 5.88 Å². The zero-order valence-corrected chi connectivity index (χ0v) is 10.6. The molecule has 17 heavy (non-hydrogen) atoms. The predicted octanol–water partition coefficient (Wildman–Crippen LogP) is 3.01. The van der Waals surface area contributed by atoms with Gasteiger partial charge in [0.15, 0.2) is 0 Å². The van der Waals surface area contributed by atoms with Gasteiger partial charge in [0, 0.05) is 5.56 Å². The van der Waals surface area contributed by atoms with Crippen molar-refractivity contribution in [2.45, 2.75) is 33.6 Å². The fourth-order valence-electron chi connectivity index (χ4n) is 2.07. The van der Waals surface area contributed by atoms with Crippen LogP contribution < -0.4 is 0 Å². The van der Waals surface area contributed by atoms with E-state index < -0.39 is 0 Å². The molecule has 3 heteroatoms. The molecule has 0 radical (unpaired) electrons. The normalized spacial score (nSPS) is 10.8. The number of nitrogens with zero attached hydrogens (tertiary/aromatic N) is 2. The number of hydrogen-bond acceptors (Lipinski definition) is 2. The number of hydrogen-bond donors (Lipinski definition) is 1. The van der Waals surface area contributed by atoms with Crippen LogP contribution in [-0.4, -0.2) is 14.9 Å². The molecule has 0 aliphatic heterocycles. The number of aryl methyl sites for hydroxylation is 2. The Balaban J connectivity index is 2.56. The fourth-order valence-corrected chi connectivity index (χ4v) is 2.07. The predicted molar refractivity (Wildman–Crippen MR) is 68.7 cm³/mol. The zero-order chi connectivity index (χ0) is 12.4. The van der Waals surface area contributed by atoms with E-state index in [1.165, 1.54) is 0 Å². The molecule has 90 valence electrons. The highest BCUT2D eigenvalue weighted by molar-refractivity contribution is 5.42. The van der Waals surface area contributed by atoms with Crippen LogP contribution in [0.3, 0.4) is 0 Å². The third-order valence-corrected chi connectivity index (χ3v) is 2.97. The van der Waals surface area contributed by atoms with E-state index in [-0.39, 0.29) is 5.88 Å². The summed E-state index contributed by atoms with van der Waals surface area (Å²) in [5, 5.41) is 14.7. The standard InChI is InChI=1S/C14H18N2O/c1-4-12-13(5-2)15-16(14(12)17)11-8-6-7-10(3)9-11/h6-9,17H,4-5H2,1-3H3. The Morgan fingerprint density at radius 1 is 1.24 bits per heavy atom. The lowest BCUT2D eigenvalue weighted by atomic mass is 10.1. The van der Waals surface area contributed by atoms with E-state index in [4.69, 9.17) is 0 Å². The minimum atomic E-state index is 0.273. The highest BCUT2D eigenvalue weighted by Gasteiger charge is 2.15. The fraction of sp³-hybridized carbons (Fsp3) is 0.357. The van der Waals surface area contributed by atoms with E-state index in [1.807, 2.05) is 38.1 Å². The minimum Gasteiger partial charge on any atom is -0.493 e. The van der Waals surface area contributed by atoms with Crippen LogP contribution in [-0.2, 0) is 12.8 Å². The van der Waals surface area contributed by atoms with Gasteiger partial charge in [-0.25, -0.2) is 4.68 Å². The monoisotopic (exact) mass is 230 g/mol. The molecule has 0 atom stereocenters. The maximum atomic E-state index is 10.2. The summed E-state index contributed by atoms with van der Waals surface area (Å²) in [7, 11) is 0. The third-order valence-electron chi connectivity index (χ3n) is 2.97. The van der Waals surface area contributed by atoms with Gasteiger partial charge < -0.3 is 5.11 Å². The number of aromatic nitrogens is 2. The quantitative estimate of drug-likeness (QED) is 0.880. The average Bonchev–Trinajstić information content (AvgIpc) is 2.65. The first kappa shape index (κ1) is 11.7. The van der Waals surface area contributed by atoms with Gasteiger partial charge in [-0.1, -0.05) is 26.0 Å². The maximum absolute atomic E-state index is 10.2. The summed E-state index contributed by atoms with van der Waals surface area (Å²) in [5.74, 6) is 0.273. The lowest BCUT2D eigenvalue weighted by Crippen LogP contribution is -1.96. The summed E-state index contributed by atoms with van der Waals surface area (Å²) in [6.07, 6.45) is 1.65. The molecule has 1 N–H and O–H groups in total. The minimum absolute atomic E-state index is 0.273. The molecular weight excluding hydrogens is 212 g/mol. The van der Waals surface area contributed by atoms with Crippen molar-refractivity contribution in [1.29, 1.82) is 0 Å². The summed E-state index contributed by atoms with van der Waals surface area (Å²) < 4.78 is 1.63. The van der Waals surface area contributed by atoms with Gasteiger partial charge in [0.1, 0.15) is 0 Å². The second-order valence-corrected chi connectivity index (χ2v) is 4.21. The Hall–Kier alpha value is -1.77. The van der Waals surface area contributed by atoms with Crippen LogP contribution in [0.15, 0.2) is 24.3 Å². The number of benzene rings is 1. The van der Waals surface area contributed by atoms with Gasteiger partial charge in [0.05, 0.1) is 11.4 Å². The molecule has 3 nitrogen and oxygen atoms in total. The van der Waals surface area contributed by atoms with Crippen molar-refractivity contribution in [2.75, 3.05) is 0 Å². The van der Waals surface area contributed by atoms with Gasteiger partial charge in [-0.3, -0.25) is 0 Å².